The van der Waals surface area contributed by atoms with Gasteiger partial charge < -0.3 is 15.4 Å². The van der Waals surface area contributed by atoms with Crippen LogP contribution in [0.2, 0.25) is 0 Å². The molecule has 0 aliphatic carbocycles. The summed E-state index contributed by atoms with van der Waals surface area (Å²) in [5.74, 6) is -2.12. The third-order valence-corrected chi connectivity index (χ3v) is 2.80. The third kappa shape index (κ3) is 4.24. The highest BCUT2D eigenvalue weighted by molar-refractivity contribution is 5.94. The number of carboxylic acids is 1. The van der Waals surface area contributed by atoms with E-state index >= 15 is 0 Å². The quantitative estimate of drug-likeness (QED) is 0.712. The molecule has 0 saturated carbocycles. The van der Waals surface area contributed by atoms with Crippen LogP contribution in [-0.2, 0) is 4.79 Å². The van der Waals surface area contributed by atoms with Crippen LogP contribution in [0, 0.1) is 12.8 Å². The molecule has 0 radical (unpaired) electrons. The number of carboxylic acid groups (broad SMARTS) is 1. The lowest BCUT2D eigenvalue weighted by atomic mass is 10.0. The van der Waals surface area contributed by atoms with E-state index in [2.05, 4.69) is 10.3 Å². The fourth-order valence-corrected chi connectivity index (χ4v) is 1.72. The molecule has 6 heteroatoms. The van der Waals surface area contributed by atoms with Crippen molar-refractivity contribution in [1.29, 1.82) is 0 Å². The Hall–Kier alpha value is -2.11. The van der Waals surface area contributed by atoms with Crippen molar-refractivity contribution in [1.82, 2.24) is 10.3 Å². The van der Waals surface area contributed by atoms with Gasteiger partial charge in [0, 0.05) is 24.5 Å². The van der Waals surface area contributed by atoms with Crippen LogP contribution in [0.25, 0.3) is 0 Å². The molecule has 0 fully saturated rings. The SMILES string of the molecule is CCCC(CNC(=O)c1c[nH]c(C)cc1=O)C(=O)O. The van der Waals surface area contributed by atoms with Crippen LogP contribution in [0.4, 0.5) is 0 Å². The highest BCUT2D eigenvalue weighted by Crippen LogP contribution is 2.05. The van der Waals surface area contributed by atoms with Gasteiger partial charge in [-0.05, 0) is 13.3 Å². The number of hydrogen-bond donors (Lipinski definition) is 3. The summed E-state index contributed by atoms with van der Waals surface area (Å²) >= 11 is 0. The summed E-state index contributed by atoms with van der Waals surface area (Å²) in [6.45, 7) is 3.61. The Kier molecular flexibility index (Phi) is 5.29. The first kappa shape index (κ1) is 14.9. The van der Waals surface area contributed by atoms with Gasteiger partial charge in [0.25, 0.3) is 5.91 Å². The van der Waals surface area contributed by atoms with E-state index in [4.69, 9.17) is 5.11 Å². The molecule has 1 heterocycles. The number of aliphatic carboxylic acids is 1. The molecule has 0 aliphatic rings. The van der Waals surface area contributed by atoms with Crippen LogP contribution in [-0.4, -0.2) is 28.5 Å². The van der Waals surface area contributed by atoms with Crippen molar-refractivity contribution in [3.05, 3.63) is 33.7 Å². The molecule has 1 aromatic heterocycles. The summed E-state index contributed by atoms with van der Waals surface area (Å²) in [5, 5.41) is 11.4. The first-order chi connectivity index (χ1) is 8.95. The molecule has 1 unspecified atom stereocenters. The minimum absolute atomic E-state index is 0.00811. The summed E-state index contributed by atoms with van der Waals surface area (Å²) in [6, 6.07) is 1.33. The zero-order valence-corrected chi connectivity index (χ0v) is 11.0. The van der Waals surface area contributed by atoms with Gasteiger partial charge >= 0.3 is 5.97 Å². The van der Waals surface area contributed by atoms with Crippen LogP contribution in [0.3, 0.4) is 0 Å². The predicted octanol–water partition coefficient (Wildman–Crippen LogP) is 0.914. The molecule has 1 rings (SSSR count). The van der Waals surface area contributed by atoms with Gasteiger partial charge in [-0.25, -0.2) is 0 Å². The van der Waals surface area contributed by atoms with Gasteiger partial charge in [0.05, 0.1) is 5.92 Å². The third-order valence-electron chi connectivity index (χ3n) is 2.80. The highest BCUT2D eigenvalue weighted by Gasteiger charge is 2.18. The number of H-pyrrole nitrogens is 1. The number of hydrogen-bond acceptors (Lipinski definition) is 3. The van der Waals surface area contributed by atoms with E-state index in [1.807, 2.05) is 6.92 Å². The number of amides is 1. The second kappa shape index (κ2) is 6.72. The van der Waals surface area contributed by atoms with Crippen LogP contribution in [0.15, 0.2) is 17.1 Å². The zero-order chi connectivity index (χ0) is 14.4. The molecular weight excluding hydrogens is 248 g/mol. The van der Waals surface area contributed by atoms with E-state index in [-0.39, 0.29) is 17.5 Å². The number of carbonyl (C=O) groups excluding carboxylic acids is 1. The molecule has 0 spiro atoms. The van der Waals surface area contributed by atoms with Crippen molar-refractivity contribution in [2.24, 2.45) is 5.92 Å². The van der Waals surface area contributed by atoms with Gasteiger partial charge in [0.1, 0.15) is 5.56 Å². The Labute approximate surface area is 110 Å². The Morgan fingerprint density at radius 2 is 2.16 bits per heavy atom. The van der Waals surface area contributed by atoms with Crippen LogP contribution in [0.1, 0.15) is 35.8 Å². The van der Waals surface area contributed by atoms with E-state index in [0.717, 1.165) is 6.42 Å². The van der Waals surface area contributed by atoms with Gasteiger partial charge in [0.15, 0.2) is 5.43 Å². The zero-order valence-electron chi connectivity index (χ0n) is 11.0. The van der Waals surface area contributed by atoms with Gasteiger partial charge in [-0.3, -0.25) is 14.4 Å². The van der Waals surface area contributed by atoms with Gasteiger partial charge in [-0.1, -0.05) is 13.3 Å². The molecule has 0 bridgehead atoms. The molecule has 1 aromatic rings. The number of nitrogens with one attached hydrogen (secondary N) is 2. The average molecular weight is 266 g/mol. The standard InChI is InChI=1S/C13H18N2O4/c1-3-4-9(13(18)19)6-15-12(17)10-7-14-8(2)5-11(10)16/h5,7,9H,3-4,6H2,1-2H3,(H,14,16)(H,15,17)(H,18,19). The minimum Gasteiger partial charge on any atom is -0.481 e. The second-order valence-corrected chi connectivity index (χ2v) is 4.43. The van der Waals surface area contributed by atoms with Gasteiger partial charge in [0.2, 0.25) is 0 Å². The topological polar surface area (TPSA) is 99.3 Å². The first-order valence-electron chi connectivity index (χ1n) is 6.16. The van der Waals surface area contributed by atoms with Crippen LogP contribution < -0.4 is 10.7 Å². The fraction of sp³-hybridized carbons (Fsp3) is 0.462. The lowest BCUT2D eigenvalue weighted by Gasteiger charge is -2.12. The maximum atomic E-state index is 11.8. The summed E-state index contributed by atoms with van der Waals surface area (Å²) in [5.41, 5.74) is 0.276. The molecule has 0 aromatic carbocycles. The number of carbonyl (C=O) groups is 2. The minimum atomic E-state index is -0.944. The normalized spacial score (nSPS) is 11.9. The van der Waals surface area contributed by atoms with E-state index in [9.17, 15) is 14.4 Å². The molecule has 1 amide bonds. The van der Waals surface area contributed by atoms with Crippen LogP contribution >= 0.6 is 0 Å². The Bertz CT molecular complexity index is 522. The summed E-state index contributed by atoms with van der Waals surface area (Å²) in [4.78, 5) is 37.1. The number of rotatable bonds is 6. The van der Waals surface area contributed by atoms with E-state index in [0.29, 0.717) is 12.1 Å². The Balaban J connectivity index is 2.69. The van der Waals surface area contributed by atoms with Crippen molar-refractivity contribution < 1.29 is 14.7 Å². The molecule has 3 N–H and O–H groups in total. The molecule has 0 aliphatic heterocycles. The van der Waals surface area contributed by atoms with Crippen molar-refractivity contribution in [3.63, 3.8) is 0 Å². The summed E-state index contributed by atoms with van der Waals surface area (Å²) in [7, 11) is 0. The highest BCUT2D eigenvalue weighted by atomic mass is 16.4. The van der Waals surface area contributed by atoms with Crippen molar-refractivity contribution >= 4 is 11.9 Å². The Morgan fingerprint density at radius 1 is 1.47 bits per heavy atom. The monoisotopic (exact) mass is 266 g/mol. The molecule has 6 nitrogen and oxygen atoms in total. The summed E-state index contributed by atoms with van der Waals surface area (Å²) in [6.07, 6.45) is 2.54. The molecule has 104 valence electrons. The Morgan fingerprint density at radius 3 is 2.68 bits per heavy atom. The smallest absolute Gasteiger partial charge is 0.308 e. The maximum absolute atomic E-state index is 11.8. The average Bonchev–Trinajstić information content (AvgIpc) is 2.33. The number of pyridine rings is 1. The number of aromatic amines is 1. The second-order valence-electron chi connectivity index (χ2n) is 4.43. The lowest BCUT2D eigenvalue weighted by molar-refractivity contribution is -0.141. The largest absolute Gasteiger partial charge is 0.481 e. The first-order valence-corrected chi connectivity index (χ1v) is 6.16. The van der Waals surface area contributed by atoms with Crippen molar-refractivity contribution in [2.45, 2.75) is 26.7 Å². The lowest BCUT2D eigenvalue weighted by Crippen LogP contribution is -2.35. The van der Waals surface area contributed by atoms with E-state index in [1.54, 1.807) is 6.92 Å². The predicted molar refractivity (Wildman–Crippen MR) is 70.2 cm³/mol. The van der Waals surface area contributed by atoms with E-state index < -0.39 is 17.8 Å². The fourth-order valence-electron chi connectivity index (χ4n) is 1.72. The molecule has 1 atom stereocenters. The van der Waals surface area contributed by atoms with E-state index in [1.165, 1.54) is 12.3 Å². The van der Waals surface area contributed by atoms with Gasteiger partial charge in [-0.15, -0.1) is 0 Å². The number of aromatic nitrogens is 1. The van der Waals surface area contributed by atoms with Gasteiger partial charge in [-0.2, -0.15) is 0 Å². The van der Waals surface area contributed by atoms with Crippen molar-refractivity contribution in [3.8, 4) is 0 Å². The number of aryl methyl sites for hydroxylation is 1. The molecule has 0 saturated heterocycles. The van der Waals surface area contributed by atoms with Crippen molar-refractivity contribution in [2.75, 3.05) is 6.54 Å². The maximum Gasteiger partial charge on any atom is 0.308 e. The molecular formula is C13H18N2O4. The van der Waals surface area contributed by atoms with Crippen LogP contribution in [0.5, 0.6) is 0 Å². The summed E-state index contributed by atoms with van der Waals surface area (Å²) < 4.78 is 0. The molecule has 19 heavy (non-hydrogen) atoms.